The van der Waals surface area contributed by atoms with E-state index in [4.69, 9.17) is 5.73 Å². The Bertz CT molecular complexity index is 539. The van der Waals surface area contributed by atoms with E-state index in [-0.39, 0.29) is 18.3 Å². The highest BCUT2D eigenvalue weighted by atomic mass is 35.5. The molecule has 3 N–H and O–H groups in total. The van der Waals surface area contributed by atoms with E-state index in [1.54, 1.807) is 13.0 Å². The van der Waals surface area contributed by atoms with E-state index in [2.05, 4.69) is 17.9 Å². The molecule has 2 aliphatic carbocycles. The second-order valence-corrected chi connectivity index (χ2v) is 7.29. The van der Waals surface area contributed by atoms with Crippen LogP contribution in [0.4, 0.5) is 0 Å². The number of nitrogens with two attached hydrogens (primary N) is 1. The minimum absolute atomic E-state index is 0. The minimum Gasteiger partial charge on any atom is -0.317 e. The van der Waals surface area contributed by atoms with Gasteiger partial charge < -0.3 is 5.73 Å². The molecule has 1 amide bonds. The summed E-state index contributed by atoms with van der Waals surface area (Å²) in [6.45, 7) is 8.92. The minimum atomic E-state index is -3.74. The first-order chi connectivity index (χ1) is 8.19. The summed E-state index contributed by atoms with van der Waals surface area (Å²) in [4.78, 5) is 11.9. The van der Waals surface area contributed by atoms with Crippen LogP contribution < -0.4 is 10.5 Å². The van der Waals surface area contributed by atoms with Crippen molar-refractivity contribution < 1.29 is 13.2 Å². The van der Waals surface area contributed by atoms with Crippen LogP contribution in [0.15, 0.2) is 24.8 Å². The highest BCUT2D eigenvalue weighted by molar-refractivity contribution is 7.92. The van der Waals surface area contributed by atoms with E-state index in [9.17, 15) is 13.2 Å². The Morgan fingerprint density at radius 1 is 1.47 bits per heavy atom. The fraction of sp³-hybridized carbons (Fsp3) is 0.583. The number of hydrogen-bond donors (Lipinski definition) is 2. The normalized spacial score (nSPS) is 30.7. The lowest BCUT2D eigenvalue weighted by atomic mass is 10.2. The van der Waals surface area contributed by atoms with Crippen LogP contribution in [-0.4, -0.2) is 24.6 Å². The Balaban J connectivity index is 0.00000180. The summed E-state index contributed by atoms with van der Waals surface area (Å²) in [5.41, 5.74) is 5.27. The Kier molecular flexibility index (Phi) is 3.93. The van der Waals surface area contributed by atoms with Crippen LogP contribution in [0.1, 0.15) is 26.2 Å². The molecule has 0 heterocycles. The molecule has 2 rings (SSSR count). The highest BCUT2D eigenvalue weighted by Crippen LogP contribution is 2.49. The van der Waals surface area contributed by atoms with Crippen molar-refractivity contribution in [3.05, 3.63) is 24.8 Å². The van der Waals surface area contributed by atoms with Crippen molar-refractivity contribution in [3.8, 4) is 0 Å². The first-order valence-corrected chi connectivity index (χ1v) is 7.32. The van der Waals surface area contributed by atoms with Gasteiger partial charge in [-0.25, -0.2) is 8.42 Å². The third kappa shape index (κ3) is 2.32. The van der Waals surface area contributed by atoms with Crippen molar-refractivity contribution in [3.63, 3.8) is 0 Å². The number of rotatable bonds is 5. The molecule has 2 atom stereocenters. The van der Waals surface area contributed by atoms with Gasteiger partial charge in [0.05, 0.1) is 0 Å². The van der Waals surface area contributed by atoms with Gasteiger partial charge in [0.25, 0.3) is 5.91 Å². The number of hydrogen-bond acceptors (Lipinski definition) is 4. The predicted molar refractivity (Wildman–Crippen MR) is 76.3 cm³/mol. The molecule has 0 unspecified atom stereocenters. The Hall–Kier alpha value is -0.850. The van der Waals surface area contributed by atoms with E-state index in [0.29, 0.717) is 24.8 Å². The van der Waals surface area contributed by atoms with Gasteiger partial charge in [-0.15, -0.1) is 19.0 Å². The topological polar surface area (TPSA) is 89.3 Å². The molecule has 0 aliphatic heterocycles. The lowest BCUT2D eigenvalue weighted by Gasteiger charge is -2.19. The van der Waals surface area contributed by atoms with Gasteiger partial charge in [-0.1, -0.05) is 18.2 Å². The molecular weight excluding hydrogens is 288 g/mol. The molecule has 0 aromatic rings. The van der Waals surface area contributed by atoms with Gasteiger partial charge in [0, 0.05) is 5.92 Å². The Morgan fingerprint density at radius 2 is 2.00 bits per heavy atom. The zero-order valence-corrected chi connectivity index (χ0v) is 12.4. The zero-order chi connectivity index (χ0) is 13.8. The van der Waals surface area contributed by atoms with E-state index in [1.807, 2.05) is 0 Å². The predicted octanol–water partition coefficient (Wildman–Crippen LogP) is 0.866. The second kappa shape index (κ2) is 4.61. The molecular formula is C12H19ClN2O3S. The summed E-state index contributed by atoms with van der Waals surface area (Å²) in [6.07, 6.45) is 3.04. The highest BCUT2D eigenvalue weighted by Gasteiger charge is 2.60. The number of carbonyl (C=O) groups is 1. The van der Waals surface area contributed by atoms with Gasteiger partial charge in [0.15, 0.2) is 0 Å². The summed E-state index contributed by atoms with van der Waals surface area (Å²) in [5.74, 6) is -0.785. The first-order valence-electron chi connectivity index (χ1n) is 5.84. The smallest absolute Gasteiger partial charge is 0.254 e. The summed E-state index contributed by atoms with van der Waals surface area (Å²) in [5, 5.41) is 0. The van der Waals surface area contributed by atoms with Crippen LogP contribution in [0.5, 0.6) is 0 Å². The molecule has 19 heavy (non-hydrogen) atoms. The Morgan fingerprint density at radius 3 is 2.32 bits per heavy atom. The third-order valence-electron chi connectivity index (χ3n) is 3.99. The molecule has 5 nitrogen and oxygen atoms in total. The van der Waals surface area contributed by atoms with Crippen molar-refractivity contribution in [2.24, 2.45) is 11.7 Å². The van der Waals surface area contributed by atoms with Crippen molar-refractivity contribution >= 4 is 28.3 Å². The maximum Gasteiger partial charge on any atom is 0.254 e. The van der Waals surface area contributed by atoms with Crippen LogP contribution in [0.2, 0.25) is 0 Å². The van der Waals surface area contributed by atoms with Gasteiger partial charge in [-0.3, -0.25) is 9.52 Å². The molecule has 2 fully saturated rings. The van der Waals surface area contributed by atoms with Gasteiger partial charge in [0.1, 0.15) is 10.3 Å². The molecule has 0 saturated heterocycles. The standard InChI is InChI=1S/C12H18N2O3S.ClH/c1-4-9-7-12(9,13)10(15)14-18(16,17)11(5-6-11)8(2)3;/h4,9H,1-2,5-7,13H2,3H3,(H,14,15);1H/t9-,12-;/m1./s1. The van der Waals surface area contributed by atoms with E-state index in [0.717, 1.165) is 0 Å². The fourth-order valence-corrected chi connectivity index (χ4v) is 3.94. The third-order valence-corrected chi connectivity index (χ3v) is 6.23. The van der Waals surface area contributed by atoms with Crippen LogP contribution in [0, 0.1) is 5.92 Å². The molecule has 7 heteroatoms. The average molecular weight is 307 g/mol. The summed E-state index contributed by atoms with van der Waals surface area (Å²) < 4.78 is 25.5. The lowest BCUT2D eigenvalue weighted by Crippen LogP contribution is -2.50. The quantitative estimate of drug-likeness (QED) is 0.737. The molecule has 2 aliphatic rings. The van der Waals surface area contributed by atoms with E-state index >= 15 is 0 Å². The fourth-order valence-electron chi connectivity index (χ4n) is 2.21. The van der Waals surface area contributed by atoms with Crippen molar-refractivity contribution in [1.29, 1.82) is 0 Å². The van der Waals surface area contributed by atoms with Gasteiger partial charge in [0.2, 0.25) is 10.0 Å². The van der Waals surface area contributed by atoms with Crippen molar-refractivity contribution in [1.82, 2.24) is 4.72 Å². The summed E-state index contributed by atoms with van der Waals surface area (Å²) >= 11 is 0. The van der Waals surface area contributed by atoms with Crippen molar-refractivity contribution in [2.75, 3.05) is 0 Å². The molecule has 0 aromatic heterocycles. The van der Waals surface area contributed by atoms with Crippen LogP contribution in [-0.2, 0) is 14.8 Å². The molecule has 108 valence electrons. The molecule has 0 radical (unpaired) electrons. The summed E-state index contributed by atoms with van der Waals surface area (Å²) in [6, 6.07) is 0. The summed E-state index contributed by atoms with van der Waals surface area (Å²) in [7, 11) is -3.74. The molecule has 2 saturated carbocycles. The van der Waals surface area contributed by atoms with E-state index in [1.165, 1.54) is 0 Å². The number of nitrogens with one attached hydrogen (secondary N) is 1. The van der Waals surface area contributed by atoms with Gasteiger partial charge in [-0.05, 0) is 26.2 Å². The molecule has 0 aromatic carbocycles. The maximum absolute atomic E-state index is 12.2. The van der Waals surface area contributed by atoms with Crippen LogP contribution in [0.3, 0.4) is 0 Å². The van der Waals surface area contributed by atoms with Gasteiger partial charge in [-0.2, -0.15) is 0 Å². The number of amides is 1. The molecule has 0 bridgehead atoms. The maximum atomic E-state index is 12.2. The SMILES string of the molecule is C=C[C@@H]1C[C@]1(N)C(=O)NS(=O)(=O)C1(C(=C)C)CC1.Cl. The second-order valence-electron chi connectivity index (χ2n) is 5.30. The van der Waals surface area contributed by atoms with Crippen molar-refractivity contribution in [2.45, 2.75) is 36.5 Å². The average Bonchev–Trinajstić information content (AvgIpc) is 3.09. The number of halogens is 1. The Labute approximate surface area is 119 Å². The van der Waals surface area contributed by atoms with Gasteiger partial charge >= 0.3 is 0 Å². The first kappa shape index (κ1) is 16.2. The largest absolute Gasteiger partial charge is 0.317 e. The molecule has 0 spiro atoms. The van der Waals surface area contributed by atoms with Crippen LogP contribution in [0.25, 0.3) is 0 Å². The van der Waals surface area contributed by atoms with E-state index < -0.39 is 26.2 Å². The number of sulfonamides is 1. The zero-order valence-electron chi connectivity index (χ0n) is 10.8. The monoisotopic (exact) mass is 306 g/mol. The van der Waals surface area contributed by atoms with Crippen LogP contribution >= 0.6 is 12.4 Å². The lowest BCUT2D eigenvalue weighted by molar-refractivity contribution is -0.121. The number of carbonyl (C=O) groups excluding carboxylic acids is 1.